The summed E-state index contributed by atoms with van der Waals surface area (Å²) >= 11 is 0. The third-order valence-corrected chi connectivity index (χ3v) is 3.24. The van der Waals surface area contributed by atoms with Crippen LogP contribution in [-0.2, 0) is 9.59 Å². The summed E-state index contributed by atoms with van der Waals surface area (Å²) < 4.78 is 0. The molecule has 0 aromatic carbocycles. The van der Waals surface area contributed by atoms with E-state index in [0.29, 0.717) is 12.6 Å². The van der Waals surface area contributed by atoms with Crippen molar-refractivity contribution in [1.82, 2.24) is 15.5 Å². The van der Waals surface area contributed by atoms with Gasteiger partial charge in [0.2, 0.25) is 5.91 Å². The highest BCUT2D eigenvalue weighted by atomic mass is 16.2. The van der Waals surface area contributed by atoms with Crippen molar-refractivity contribution in [2.24, 2.45) is 5.92 Å². The van der Waals surface area contributed by atoms with Gasteiger partial charge in [-0.15, -0.1) is 0 Å². The number of carbonyl (C=O) groups excluding carboxylic acids is 2. The molecule has 2 N–H and O–H groups in total. The van der Waals surface area contributed by atoms with E-state index in [4.69, 9.17) is 0 Å². The van der Waals surface area contributed by atoms with Crippen molar-refractivity contribution in [3.05, 3.63) is 0 Å². The highest BCUT2D eigenvalue weighted by molar-refractivity contribution is 5.88. The SMILES string of the molecule is CC(=O)C(NC(=O)CN1CCNC(C)C1)C(C)C. The summed E-state index contributed by atoms with van der Waals surface area (Å²) in [6.45, 7) is 10.6. The standard InChI is InChI=1S/C13H25N3O2/c1-9(2)13(11(4)17)15-12(18)8-16-6-5-14-10(3)7-16/h9-10,13-14H,5-8H2,1-4H3,(H,15,18). The predicted octanol–water partition coefficient (Wildman–Crippen LogP) is 0.00990. The zero-order valence-corrected chi connectivity index (χ0v) is 11.8. The van der Waals surface area contributed by atoms with Crippen LogP contribution >= 0.6 is 0 Å². The first-order valence-corrected chi connectivity index (χ1v) is 6.65. The van der Waals surface area contributed by atoms with Crippen molar-refractivity contribution in [3.8, 4) is 0 Å². The highest BCUT2D eigenvalue weighted by Gasteiger charge is 2.23. The first-order valence-electron chi connectivity index (χ1n) is 6.65. The van der Waals surface area contributed by atoms with Gasteiger partial charge in [0.1, 0.15) is 0 Å². The van der Waals surface area contributed by atoms with Gasteiger partial charge in [-0.05, 0) is 19.8 Å². The Kier molecular flexibility index (Phi) is 5.75. The van der Waals surface area contributed by atoms with Crippen molar-refractivity contribution in [2.45, 2.75) is 39.8 Å². The molecule has 0 spiro atoms. The molecule has 0 aromatic rings. The zero-order chi connectivity index (χ0) is 13.7. The van der Waals surface area contributed by atoms with Crippen molar-refractivity contribution < 1.29 is 9.59 Å². The minimum absolute atomic E-state index is 0.0204. The Hall–Kier alpha value is -0.940. The maximum Gasteiger partial charge on any atom is 0.234 e. The maximum atomic E-state index is 11.9. The molecule has 0 aromatic heterocycles. The smallest absolute Gasteiger partial charge is 0.234 e. The Balaban J connectivity index is 2.42. The number of carbonyl (C=O) groups is 2. The highest BCUT2D eigenvalue weighted by Crippen LogP contribution is 2.03. The number of hydrogen-bond donors (Lipinski definition) is 2. The number of hydrogen-bond acceptors (Lipinski definition) is 4. The second kappa shape index (κ2) is 6.85. The molecule has 18 heavy (non-hydrogen) atoms. The lowest BCUT2D eigenvalue weighted by Crippen LogP contribution is -2.53. The number of amides is 1. The molecule has 1 saturated heterocycles. The van der Waals surface area contributed by atoms with Gasteiger partial charge in [0.25, 0.3) is 0 Å². The summed E-state index contributed by atoms with van der Waals surface area (Å²) in [5, 5.41) is 6.16. The largest absolute Gasteiger partial charge is 0.345 e. The van der Waals surface area contributed by atoms with E-state index in [1.807, 2.05) is 13.8 Å². The van der Waals surface area contributed by atoms with Gasteiger partial charge >= 0.3 is 0 Å². The van der Waals surface area contributed by atoms with E-state index < -0.39 is 0 Å². The summed E-state index contributed by atoms with van der Waals surface area (Å²) in [5.41, 5.74) is 0. The number of piperazine rings is 1. The average Bonchev–Trinajstić information content (AvgIpc) is 2.25. The fraction of sp³-hybridized carbons (Fsp3) is 0.846. The Morgan fingerprint density at radius 3 is 2.61 bits per heavy atom. The van der Waals surface area contributed by atoms with Crippen LogP contribution in [0.15, 0.2) is 0 Å². The lowest BCUT2D eigenvalue weighted by molar-refractivity contribution is -0.128. The lowest BCUT2D eigenvalue weighted by atomic mass is 10.0. The Morgan fingerprint density at radius 1 is 1.44 bits per heavy atom. The van der Waals surface area contributed by atoms with Crippen molar-refractivity contribution in [2.75, 3.05) is 26.2 Å². The molecular weight excluding hydrogens is 230 g/mol. The molecule has 0 aliphatic carbocycles. The molecule has 104 valence electrons. The minimum atomic E-state index is -0.363. The van der Waals surface area contributed by atoms with E-state index >= 15 is 0 Å². The molecule has 1 amide bonds. The molecule has 0 bridgehead atoms. The molecule has 0 radical (unpaired) electrons. The van der Waals surface area contributed by atoms with Crippen LogP contribution in [0.1, 0.15) is 27.7 Å². The fourth-order valence-electron chi connectivity index (χ4n) is 2.32. The molecule has 2 atom stereocenters. The van der Waals surface area contributed by atoms with Crippen LogP contribution in [0.2, 0.25) is 0 Å². The quantitative estimate of drug-likeness (QED) is 0.726. The summed E-state index contributed by atoms with van der Waals surface area (Å²) in [6.07, 6.45) is 0. The van der Waals surface area contributed by atoms with Gasteiger partial charge < -0.3 is 10.6 Å². The normalized spacial score (nSPS) is 22.8. The third kappa shape index (κ3) is 4.74. The second-order valence-corrected chi connectivity index (χ2v) is 5.49. The molecule has 1 fully saturated rings. The van der Waals surface area contributed by atoms with Crippen LogP contribution in [-0.4, -0.2) is 54.9 Å². The summed E-state index contributed by atoms with van der Waals surface area (Å²) in [7, 11) is 0. The fourth-order valence-corrected chi connectivity index (χ4v) is 2.32. The van der Waals surface area contributed by atoms with E-state index in [-0.39, 0.29) is 23.7 Å². The van der Waals surface area contributed by atoms with Crippen molar-refractivity contribution in [1.29, 1.82) is 0 Å². The van der Waals surface area contributed by atoms with E-state index in [1.165, 1.54) is 6.92 Å². The number of nitrogens with one attached hydrogen (secondary N) is 2. The summed E-state index contributed by atoms with van der Waals surface area (Å²) in [4.78, 5) is 25.5. The molecule has 5 nitrogen and oxygen atoms in total. The van der Waals surface area contributed by atoms with Gasteiger partial charge in [-0.25, -0.2) is 0 Å². The maximum absolute atomic E-state index is 11.9. The van der Waals surface area contributed by atoms with Crippen LogP contribution in [0.4, 0.5) is 0 Å². The number of nitrogens with zero attached hydrogens (tertiary/aromatic N) is 1. The monoisotopic (exact) mass is 255 g/mol. The van der Waals surface area contributed by atoms with E-state index in [0.717, 1.165) is 19.6 Å². The third-order valence-electron chi connectivity index (χ3n) is 3.24. The van der Waals surface area contributed by atoms with Gasteiger partial charge in [0.05, 0.1) is 12.6 Å². The van der Waals surface area contributed by atoms with Crippen LogP contribution < -0.4 is 10.6 Å². The van der Waals surface area contributed by atoms with E-state index in [9.17, 15) is 9.59 Å². The van der Waals surface area contributed by atoms with E-state index in [1.54, 1.807) is 0 Å². The van der Waals surface area contributed by atoms with Crippen molar-refractivity contribution in [3.63, 3.8) is 0 Å². The zero-order valence-electron chi connectivity index (χ0n) is 11.8. The van der Waals surface area contributed by atoms with Crippen LogP contribution in [0, 0.1) is 5.92 Å². The molecule has 1 aliphatic rings. The lowest BCUT2D eigenvalue weighted by Gasteiger charge is -2.31. The summed E-state index contributed by atoms with van der Waals surface area (Å²) in [5.74, 6) is 0.0958. The second-order valence-electron chi connectivity index (χ2n) is 5.49. The topological polar surface area (TPSA) is 61.4 Å². The number of rotatable bonds is 5. The van der Waals surface area contributed by atoms with Gasteiger partial charge in [-0.3, -0.25) is 14.5 Å². The van der Waals surface area contributed by atoms with Gasteiger partial charge in [0.15, 0.2) is 5.78 Å². The molecular formula is C13H25N3O2. The predicted molar refractivity (Wildman–Crippen MR) is 71.4 cm³/mol. The first-order chi connectivity index (χ1) is 8.40. The molecule has 5 heteroatoms. The molecule has 1 heterocycles. The number of ketones is 1. The van der Waals surface area contributed by atoms with Crippen LogP contribution in [0.25, 0.3) is 0 Å². The minimum Gasteiger partial charge on any atom is -0.345 e. The first kappa shape index (κ1) is 15.1. The van der Waals surface area contributed by atoms with Gasteiger partial charge in [0, 0.05) is 25.7 Å². The molecule has 2 unspecified atom stereocenters. The average molecular weight is 255 g/mol. The Labute approximate surface area is 109 Å². The van der Waals surface area contributed by atoms with Crippen LogP contribution in [0.3, 0.4) is 0 Å². The van der Waals surface area contributed by atoms with Gasteiger partial charge in [-0.1, -0.05) is 13.8 Å². The molecule has 0 saturated carbocycles. The van der Waals surface area contributed by atoms with Crippen molar-refractivity contribution >= 4 is 11.7 Å². The number of Topliss-reactive ketones (excluding diaryl/α,β-unsaturated/α-hetero) is 1. The van der Waals surface area contributed by atoms with E-state index in [2.05, 4.69) is 22.5 Å². The molecule has 1 aliphatic heterocycles. The van der Waals surface area contributed by atoms with Crippen LogP contribution in [0.5, 0.6) is 0 Å². The Bertz CT molecular complexity index is 305. The Morgan fingerprint density at radius 2 is 2.11 bits per heavy atom. The summed E-state index contributed by atoms with van der Waals surface area (Å²) in [6, 6.07) is 0.0538. The van der Waals surface area contributed by atoms with Gasteiger partial charge in [-0.2, -0.15) is 0 Å². The molecule has 1 rings (SSSR count).